The van der Waals surface area contributed by atoms with Gasteiger partial charge in [0.15, 0.2) is 0 Å². The summed E-state index contributed by atoms with van der Waals surface area (Å²) in [5, 5.41) is 0.645. The van der Waals surface area contributed by atoms with E-state index in [2.05, 4.69) is 9.97 Å². The molecule has 0 aliphatic carbocycles. The lowest BCUT2D eigenvalue weighted by Gasteiger charge is -2.06. The van der Waals surface area contributed by atoms with Crippen LogP contribution in [0.5, 0.6) is 0 Å². The van der Waals surface area contributed by atoms with Crippen molar-refractivity contribution in [1.82, 2.24) is 9.97 Å². The van der Waals surface area contributed by atoms with Gasteiger partial charge in [-0.25, -0.2) is 9.97 Å². The summed E-state index contributed by atoms with van der Waals surface area (Å²) in [6, 6.07) is 7.27. The Bertz CT molecular complexity index is 518. The van der Waals surface area contributed by atoms with Crippen LogP contribution < -0.4 is 5.73 Å². The molecular formula is C12H12ClN3. The molecule has 1 heterocycles. The maximum Gasteiger partial charge on any atom is 0.126 e. The number of nitrogens with two attached hydrogens (primary N) is 1. The Balaban J connectivity index is 2.62. The Morgan fingerprint density at radius 3 is 2.56 bits per heavy atom. The first-order valence-electron chi connectivity index (χ1n) is 4.94. The molecule has 0 unspecified atom stereocenters. The normalized spacial score (nSPS) is 10.4. The fraction of sp³-hybridized carbons (Fsp3) is 0.167. The Morgan fingerprint density at radius 2 is 1.88 bits per heavy atom. The van der Waals surface area contributed by atoms with Crippen LogP contribution in [0.2, 0.25) is 5.02 Å². The van der Waals surface area contributed by atoms with E-state index in [0.29, 0.717) is 10.7 Å². The molecule has 2 aromatic rings. The predicted octanol–water partition coefficient (Wildman–Crippen LogP) is 3.00. The number of halogens is 1. The predicted molar refractivity (Wildman–Crippen MR) is 66.4 cm³/mol. The van der Waals surface area contributed by atoms with Crippen molar-refractivity contribution in [3.05, 3.63) is 40.8 Å². The molecule has 4 heteroatoms. The van der Waals surface area contributed by atoms with Crippen LogP contribution in [-0.2, 0) is 0 Å². The summed E-state index contributed by atoms with van der Waals surface area (Å²) in [6.45, 7) is 3.79. The van der Waals surface area contributed by atoms with Crippen molar-refractivity contribution in [2.24, 2.45) is 0 Å². The van der Waals surface area contributed by atoms with Crippen LogP contribution in [0, 0.1) is 13.8 Å². The quantitative estimate of drug-likeness (QED) is 0.771. The summed E-state index contributed by atoms with van der Waals surface area (Å²) < 4.78 is 0. The van der Waals surface area contributed by atoms with E-state index in [0.717, 1.165) is 22.8 Å². The highest BCUT2D eigenvalue weighted by molar-refractivity contribution is 6.33. The highest BCUT2D eigenvalue weighted by Gasteiger charge is 2.07. The van der Waals surface area contributed by atoms with E-state index in [1.165, 1.54) is 0 Å². The second-order valence-electron chi connectivity index (χ2n) is 3.68. The average molecular weight is 234 g/mol. The van der Waals surface area contributed by atoms with Gasteiger partial charge in [-0.05, 0) is 38.1 Å². The lowest BCUT2D eigenvalue weighted by molar-refractivity contribution is 1.02. The minimum Gasteiger partial charge on any atom is -0.399 e. The highest BCUT2D eigenvalue weighted by Crippen LogP contribution is 2.28. The number of benzene rings is 1. The topological polar surface area (TPSA) is 51.8 Å². The smallest absolute Gasteiger partial charge is 0.126 e. The van der Waals surface area contributed by atoms with Gasteiger partial charge in [0.1, 0.15) is 5.82 Å². The van der Waals surface area contributed by atoms with Crippen LogP contribution in [0.4, 0.5) is 5.69 Å². The third kappa shape index (κ3) is 2.14. The SMILES string of the molecule is Cc1cc(-c2cc(N)ccc2Cl)nc(C)n1. The van der Waals surface area contributed by atoms with Gasteiger partial charge in [0, 0.05) is 16.9 Å². The number of aryl methyl sites for hydroxylation is 2. The van der Waals surface area contributed by atoms with Crippen LogP contribution in [0.1, 0.15) is 11.5 Å². The molecule has 0 saturated carbocycles. The van der Waals surface area contributed by atoms with Crippen LogP contribution >= 0.6 is 11.6 Å². The second-order valence-corrected chi connectivity index (χ2v) is 4.09. The molecule has 0 atom stereocenters. The highest BCUT2D eigenvalue weighted by atomic mass is 35.5. The number of aromatic nitrogens is 2. The van der Waals surface area contributed by atoms with Crippen molar-refractivity contribution in [2.75, 3.05) is 5.73 Å². The molecule has 0 spiro atoms. The molecule has 0 saturated heterocycles. The molecular weight excluding hydrogens is 222 g/mol. The van der Waals surface area contributed by atoms with Gasteiger partial charge in [-0.1, -0.05) is 11.6 Å². The molecule has 1 aromatic heterocycles. The Labute approximate surface area is 99.3 Å². The molecule has 0 bridgehead atoms. The monoisotopic (exact) mass is 233 g/mol. The van der Waals surface area contributed by atoms with E-state index in [4.69, 9.17) is 17.3 Å². The molecule has 2 N–H and O–H groups in total. The van der Waals surface area contributed by atoms with Crippen LogP contribution in [0.3, 0.4) is 0 Å². The minimum absolute atomic E-state index is 0.645. The molecule has 0 aliphatic rings. The lowest BCUT2D eigenvalue weighted by Crippen LogP contribution is -1.95. The second kappa shape index (κ2) is 4.10. The van der Waals surface area contributed by atoms with Gasteiger partial charge < -0.3 is 5.73 Å². The van der Waals surface area contributed by atoms with E-state index in [1.54, 1.807) is 12.1 Å². The van der Waals surface area contributed by atoms with Crippen molar-refractivity contribution in [2.45, 2.75) is 13.8 Å². The third-order valence-corrected chi connectivity index (χ3v) is 2.56. The molecule has 3 nitrogen and oxygen atoms in total. The van der Waals surface area contributed by atoms with Gasteiger partial charge in [0.2, 0.25) is 0 Å². The van der Waals surface area contributed by atoms with E-state index < -0.39 is 0 Å². The van der Waals surface area contributed by atoms with Crippen molar-refractivity contribution < 1.29 is 0 Å². The number of hydrogen-bond donors (Lipinski definition) is 1. The van der Waals surface area contributed by atoms with E-state index in [-0.39, 0.29) is 0 Å². The lowest BCUT2D eigenvalue weighted by atomic mass is 10.1. The molecule has 0 radical (unpaired) electrons. The zero-order chi connectivity index (χ0) is 11.7. The maximum atomic E-state index is 6.12. The molecule has 16 heavy (non-hydrogen) atoms. The first-order valence-corrected chi connectivity index (χ1v) is 5.32. The summed E-state index contributed by atoms with van der Waals surface area (Å²) in [4.78, 5) is 8.58. The van der Waals surface area contributed by atoms with Crippen molar-refractivity contribution >= 4 is 17.3 Å². The number of anilines is 1. The van der Waals surface area contributed by atoms with Crippen molar-refractivity contribution in [3.8, 4) is 11.3 Å². The van der Waals surface area contributed by atoms with Crippen molar-refractivity contribution in [1.29, 1.82) is 0 Å². The maximum absolute atomic E-state index is 6.12. The van der Waals surface area contributed by atoms with E-state index in [9.17, 15) is 0 Å². The number of hydrogen-bond acceptors (Lipinski definition) is 3. The Morgan fingerprint density at radius 1 is 1.12 bits per heavy atom. The van der Waals surface area contributed by atoms with Gasteiger partial charge in [0.25, 0.3) is 0 Å². The van der Waals surface area contributed by atoms with Gasteiger partial charge >= 0.3 is 0 Å². The third-order valence-electron chi connectivity index (χ3n) is 2.23. The van der Waals surface area contributed by atoms with Gasteiger partial charge in [-0.2, -0.15) is 0 Å². The first-order chi connectivity index (χ1) is 7.56. The molecule has 82 valence electrons. The van der Waals surface area contributed by atoms with Crippen LogP contribution in [-0.4, -0.2) is 9.97 Å². The minimum atomic E-state index is 0.645. The summed E-state index contributed by atoms with van der Waals surface area (Å²) in [6.07, 6.45) is 0. The van der Waals surface area contributed by atoms with Gasteiger partial charge in [-0.15, -0.1) is 0 Å². The Kier molecular flexibility index (Phi) is 2.79. The van der Waals surface area contributed by atoms with E-state index in [1.807, 2.05) is 26.0 Å². The zero-order valence-electron chi connectivity index (χ0n) is 9.16. The largest absolute Gasteiger partial charge is 0.399 e. The van der Waals surface area contributed by atoms with E-state index >= 15 is 0 Å². The van der Waals surface area contributed by atoms with Crippen LogP contribution in [0.15, 0.2) is 24.3 Å². The molecule has 2 rings (SSSR count). The summed E-state index contributed by atoms with van der Waals surface area (Å²) >= 11 is 6.12. The number of rotatable bonds is 1. The average Bonchev–Trinajstić information content (AvgIpc) is 2.20. The van der Waals surface area contributed by atoms with Gasteiger partial charge in [0.05, 0.1) is 10.7 Å². The van der Waals surface area contributed by atoms with Crippen LogP contribution in [0.25, 0.3) is 11.3 Å². The first kappa shape index (κ1) is 10.9. The standard InChI is InChI=1S/C12H12ClN3/c1-7-5-12(16-8(2)15-7)10-6-9(14)3-4-11(10)13/h3-6H,14H2,1-2H3. The molecule has 0 aliphatic heterocycles. The summed E-state index contributed by atoms with van der Waals surface area (Å²) in [5.74, 6) is 0.730. The fourth-order valence-electron chi connectivity index (χ4n) is 1.59. The van der Waals surface area contributed by atoms with Gasteiger partial charge in [-0.3, -0.25) is 0 Å². The fourth-order valence-corrected chi connectivity index (χ4v) is 1.81. The molecule has 0 fully saturated rings. The zero-order valence-corrected chi connectivity index (χ0v) is 9.92. The Hall–Kier alpha value is -1.61. The summed E-state index contributed by atoms with van der Waals surface area (Å²) in [5.41, 5.74) is 8.98. The number of nitrogens with zero attached hydrogens (tertiary/aromatic N) is 2. The number of nitrogen functional groups attached to an aromatic ring is 1. The molecule has 0 amide bonds. The summed E-state index contributed by atoms with van der Waals surface area (Å²) in [7, 11) is 0. The molecule has 1 aromatic carbocycles. The van der Waals surface area contributed by atoms with Crippen molar-refractivity contribution in [3.63, 3.8) is 0 Å².